The number of rotatable bonds is 15. The molecule has 0 radical (unpaired) electrons. The van der Waals surface area contributed by atoms with Crippen LogP contribution >= 0.6 is 0 Å². The summed E-state index contributed by atoms with van der Waals surface area (Å²) in [4.78, 5) is 26.4. The molecule has 0 rings (SSSR count). The van der Waals surface area contributed by atoms with E-state index in [9.17, 15) is 14.7 Å². The zero-order valence-corrected chi connectivity index (χ0v) is 14.4. The van der Waals surface area contributed by atoms with Gasteiger partial charge in [0, 0.05) is 6.42 Å². The molecule has 0 bridgehead atoms. The van der Waals surface area contributed by atoms with E-state index in [0.29, 0.717) is 25.7 Å². The van der Waals surface area contributed by atoms with Crippen molar-refractivity contribution in [1.29, 1.82) is 0 Å². The highest BCUT2D eigenvalue weighted by molar-refractivity contribution is 5.93. The standard InChI is InChI=1S/C18H30O6/c1-2-3-7-10-15(24-23)13-14-17(20)16(19)11-8-5-4-6-9-12-18(21)22/h3,7,13-16,19,23H,2,4-6,8-12H2,1H3,(H,21,22)/b7-3-,14-13+. The predicted octanol–water partition coefficient (Wildman–Crippen LogP) is 3.50. The van der Waals surface area contributed by atoms with Crippen LogP contribution in [-0.2, 0) is 14.5 Å². The smallest absolute Gasteiger partial charge is 0.303 e. The lowest BCUT2D eigenvalue weighted by Crippen LogP contribution is -2.18. The molecule has 0 aromatic rings. The lowest BCUT2D eigenvalue weighted by Gasteiger charge is -2.08. The molecule has 0 aliphatic rings. The molecule has 0 spiro atoms. The van der Waals surface area contributed by atoms with Gasteiger partial charge in [0.15, 0.2) is 5.78 Å². The molecule has 0 heterocycles. The highest BCUT2D eigenvalue weighted by Crippen LogP contribution is 2.10. The fraction of sp³-hybridized carbons (Fsp3) is 0.667. The van der Waals surface area contributed by atoms with Crippen LogP contribution in [0.3, 0.4) is 0 Å². The molecule has 6 heteroatoms. The van der Waals surface area contributed by atoms with E-state index >= 15 is 0 Å². The molecule has 0 aromatic heterocycles. The topological polar surface area (TPSA) is 104 Å². The van der Waals surface area contributed by atoms with Gasteiger partial charge in [-0.25, -0.2) is 4.89 Å². The molecule has 6 nitrogen and oxygen atoms in total. The van der Waals surface area contributed by atoms with Crippen molar-refractivity contribution >= 4 is 11.8 Å². The second-order valence-corrected chi connectivity index (χ2v) is 5.74. The largest absolute Gasteiger partial charge is 0.481 e. The van der Waals surface area contributed by atoms with Gasteiger partial charge in [0.25, 0.3) is 0 Å². The summed E-state index contributed by atoms with van der Waals surface area (Å²) in [5, 5.41) is 27.1. The lowest BCUT2D eigenvalue weighted by atomic mass is 10.0. The average molecular weight is 342 g/mol. The summed E-state index contributed by atoms with van der Waals surface area (Å²) in [6, 6.07) is 0. The Morgan fingerprint density at radius 2 is 1.75 bits per heavy atom. The van der Waals surface area contributed by atoms with Gasteiger partial charge in [-0.15, -0.1) is 0 Å². The zero-order valence-electron chi connectivity index (χ0n) is 14.4. The Morgan fingerprint density at radius 3 is 2.38 bits per heavy atom. The first-order valence-corrected chi connectivity index (χ1v) is 8.58. The Labute approximate surface area is 143 Å². The summed E-state index contributed by atoms with van der Waals surface area (Å²) in [5.74, 6) is -1.18. The fourth-order valence-electron chi connectivity index (χ4n) is 2.15. The maximum atomic E-state index is 11.8. The van der Waals surface area contributed by atoms with E-state index in [-0.39, 0.29) is 6.42 Å². The molecule has 0 aromatic carbocycles. The van der Waals surface area contributed by atoms with Crippen molar-refractivity contribution in [3.63, 3.8) is 0 Å². The summed E-state index contributed by atoms with van der Waals surface area (Å²) >= 11 is 0. The molecular formula is C18H30O6. The first kappa shape index (κ1) is 22.5. The SMILES string of the molecule is CC/C=C\CC(/C=C/C(=O)C(O)CCCCCCCC(=O)O)OO. The number of allylic oxidation sites excluding steroid dienone is 1. The minimum Gasteiger partial charge on any atom is -0.481 e. The highest BCUT2D eigenvalue weighted by Gasteiger charge is 2.12. The van der Waals surface area contributed by atoms with Gasteiger partial charge in [-0.2, -0.15) is 0 Å². The quantitative estimate of drug-likeness (QED) is 0.138. The van der Waals surface area contributed by atoms with E-state index < -0.39 is 24.0 Å². The summed E-state index contributed by atoms with van der Waals surface area (Å²) < 4.78 is 0. The molecule has 0 amide bonds. The minimum atomic E-state index is -1.05. The van der Waals surface area contributed by atoms with E-state index in [0.717, 1.165) is 25.7 Å². The third kappa shape index (κ3) is 13.0. The Hall–Kier alpha value is -1.50. The number of aliphatic carboxylic acids is 1. The fourth-order valence-corrected chi connectivity index (χ4v) is 2.15. The lowest BCUT2D eigenvalue weighted by molar-refractivity contribution is -0.264. The van der Waals surface area contributed by atoms with Crippen molar-refractivity contribution in [3.8, 4) is 0 Å². The number of aliphatic hydroxyl groups is 1. The molecule has 24 heavy (non-hydrogen) atoms. The number of aliphatic hydroxyl groups excluding tert-OH is 1. The summed E-state index contributed by atoms with van der Waals surface area (Å²) in [6.07, 6.45) is 10.7. The van der Waals surface area contributed by atoms with E-state index in [1.54, 1.807) is 0 Å². The number of carboxylic acid groups (broad SMARTS) is 1. The zero-order chi connectivity index (χ0) is 18.2. The van der Waals surface area contributed by atoms with Crippen molar-refractivity contribution in [3.05, 3.63) is 24.3 Å². The minimum absolute atomic E-state index is 0.188. The number of unbranched alkanes of at least 4 members (excludes halogenated alkanes) is 4. The summed E-state index contributed by atoms with van der Waals surface area (Å²) in [5.41, 5.74) is 0. The van der Waals surface area contributed by atoms with Gasteiger partial charge >= 0.3 is 5.97 Å². The Morgan fingerprint density at radius 1 is 1.08 bits per heavy atom. The Bertz CT molecular complexity index is 402. The van der Waals surface area contributed by atoms with Gasteiger partial charge in [0.2, 0.25) is 0 Å². The molecular weight excluding hydrogens is 312 g/mol. The van der Waals surface area contributed by atoms with Crippen LogP contribution in [0.25, 0.3) is 0 Å². The van der Waals surface area contributed by atoms with Crippen molar-refractivity contribution in [1.82, 2.24) is 0 Å². The normalized spacial score (nSPS) is 14.3. The average Bonchev–Trinajstić information content (AvgIpc) is 2.56. The van der Waals surface area contributed by atoms with E-state index in [1.165, 1.54) is 12.2 Å². The third-order valence-electron chi connectivity index (χ3n) is 3.58. The highest BCUT2D eigenvalue weighted by atomic mass is 17.1. The van der Waals surface area contributed by atoms with Gasteiger partial charge in [-0.05, 0) is 37.8 Å². The number of hydrogen-bond donors (Lipinski definition) is 3. The van der Waals surface area contributed by atoms with Crippen LogP contribution in [0.2, 0.25) is 0 Å². The van der Waals surface area contributed by atoms with Gasteiger partial charge in [0.1, 0.15) is 12.2 Å². The number of carboxylic acids is 1. The molecule has 2 atom stereocenters. The van der Waals surface area contributed by atoms with Gasteiger partial charge in [-0.3, -0.25) is 14.8 Å². The molecule has 0 aliphatic heterocycles. The first-order valence-electron chi connectivity index (χ1n) is 8.58. The molecule has 138 valence electrons. The van der Waals surface area contributed by atoms with Crippen molar-refractivity contribution in [2.45, 2.75) is 76.9 Å². The van der Waals surface area contributed by atoms with Crippen LogP contribution in [0, 0.1) is 0 Å². The maximum absolute atomic E-state index is 11.8. The van der Waals surface area contributed by atoms with Crippen LogP contribution in [0.15, 0.2) is 24.3 Å². The molecule has 2 unspecified atom stereocenters. The summed E-state index contributed by atoms with van der Waals surface area (Å²) in [7, 11) is 0. The summed E-state index contributed by atoms with van der Waals surface area (Å²) in [6.45, 7) is 1.99. The van der Waals surface area contributed by atoms with E-state index in [4.69, 9.17) is 10.4 Å². The first-order chi connectivity index (χ1) is 11.5. The van der Waals surface area contributed by atoms with Crippen LogP contribution in [0.1, 0.15) is 64.7 Å². The molecule has 0 fully saturated rings. The van der Waals surface area contributed by atoms with Crippen molar-refractivity contribution in [2.24, 2.45) is 0 Å². The Balaban J connectivity index is 3.90. The van der Waals surface area contributed by atoms with E-state index in [2.05, 4.69) is 4.89 Å². The second-order valence-electron chi connectivity index (χ2n) is 5.74. The third-order valence-corrected chi connectivity index (χ3v) is 3.58. The number of hydrogen-bond acceptors (Lipinski definition) is 5. The monoisotopic (exact) mass is 342 g/mol. The predicted molar refractivity (Wildman–Crippen MR) is 91.7 cm³/mol. The number of ketones is 1. The van der Waals surface area contributed by atoms with E-state index in [1.807, 2.05) is 19.1 Å². The maximum Gasteiger partial charge on any atom is 0.303 e. The van der Waals surface area contributed by atoms with Crippen molar-refractivity contribution in [2.75, 3.05) is 0 Å². The van der Waals surface area contributed by atoms with Gasteiger partial charge < -0.3 is 10.2 Å². The van der Waals surface area contributed by atoms with Crippen LogP contribution < -0.4 is 0 Å². The molecule has 0 aliphatic carbocycles. The van der Waals surface area contributed by atoms with Gasteiger partial charge in [-0.1, -0.05) is 44.8 Å². The second kappa shape index (κ2) is 15.1. The molecule has 3 N–H and O–H groups in total. The van der Waals surface area contributed by atoms with Gasteiger partial charge in [0.05, 0.1) is 0 Å². The molecule has 0 saturated carbocycles. The Kier molecular flexibility index (Phi) is 14.1. The van der Waals surface area contributed by atoms with Crippen molar-refractivity contribution < 1.29 is 29.9 Å². The van der Waals surface area contributed by atoms with Crippen LogP contribution in [-0.4, -0.2) is 39.4 Å². The number of carbonyl (C=O) groups is 2. The number of carbonyl (C=O) groups excluding carboxylic acids is 1. The molecule has 0 saturated heterocycles. The van der Waals surface area contributed by atoms with Crippen LogP contribution in [0.5, 0.6) is 0 Å². The van der Waals surface area contributed by atoms with Crippen LogP contribution in [0.4, 0.5) is 0 Å².